The molecule has 2 heterocycles. The molecule has 0 fully saturated rings. The Kier molecular flexibility index (Phi) is 4.35. The molecule has 130 valence electrons. The molecule has 1 aliphatic heterocycles. The standard InChI is InChI=1S/C21H17ClN2O2/c1-14-7-2-3-8-15(14)18-13-19(20-11-6-12-26-20)24(23-18)21(25)16-9-4-5-10-17(16)22/h2-12,19H,13H2,1H3/t19-/m1/s1. The van der Waals surface area contributed by atoms with Crippen LogP contribution in [0.4, 0.5) is 0 Å². The predicted molar refractivity (Wildman–Crippen MR) is 101 cm³/mol. The van der Waals surface area contributed by atoms with E-state index in [9.17, 15) is 4.79 Å². The van der Waals surface area contributed by atoms with Crippen molar-refractivity contribution < 1.29 is 9.21 Å². The minimum atomic E-state index is -0.289. The molecule has 1 aromatic heterocycles. The molecule has 0 aliphatic carbocycles. The first kappa shape index (κ1) is 16.6. The van der Waals surface area contributed by atoms with Crippen LogP contribution >= 0.6 is 11.6 Å². The van der Waals surface area contributed by atoms with E-state index in [1.165, 1.54) is 5.01 Å². The van der Waals surface area contributed by atoms with Gasteiger partial charge in [-0.2, -0.15) is 5.10 Å². The molecule has 1 atom stereocenters. The lowest BCUT2D eigenvalue weighted by Gasteiger charge is -2.20. The van der Waals surface area contributed by atoms with Gasteiger partial charge in [-0.15, -0.1) is 0 Å². The molecule has 0 N–H and O–H groups in total. The molecular weight excluding hydrogens is 348 g/mol. The van der Waals surface area contributed by atoms with Crippen LogP contribution in [0.1, 0.15) is 39.7 Å². The average molecular weight is 365 g/mol. The SMILES string of the molecule is Cc1ccccc1C1=NN(C(=O)c2ccccc2Cl)[C@@H](c2ccco2)C1. The van der Waals surface area contributed by atoms with Gasteiger partial charge in [-0.25, -0.2) is 5.01 Å². The predicted octanol–water partition coefficient (Wildman–Crippen LogP) is 5.23. The first-order valence-corrected chi connectivity index (χ1v) is 8.78. The highest BCUT2D eigenvalue weighted by atomic mass is 35.5. The highest BCUT2D eigenvalue weighted by Gasteiger charge is 2.36. The zero-order valence-electron chi connectivity index (χ0n) is 14.2. The number of halogens is 1. The number of carbonyl (C=O) groups excluding carboxylic acids is 1. The van der Waals surface area contributed by atoms with Gasteiger partial charge in [0.2, 0.25) is 0 Å². The second kappa shape index (κ2) is 6.81. The summed E-state index contributed by atoms with van der Waals surface area (Å²) in [6.07, 6.45) is 2.20. The Morgan fingerprint density at radius 1 is 1.12 bits per heavy atom. The molecule has 0 saturated heterocycles. The summed E-state index contributed by atoms with van der Waals surface area (Å²) >= 11 is 6.23. The highest BCUT2D eigenvalue weighted by Crippen LogP contribution is 2.35. The monoisotopic (exact) mass is 364 g/mol. The third kappa shape index (κ3) is 2.93. The Morgan fingerprint density at radius 2 is 1.88 bits per heavy atom. The van der Waals surface area contributed by atoms with E-state index >= 15 is 0 Å². The summed E-state index contributed by atoms with van der Waals surface area (Å²) in [6.45, 7) is 2.04. The number of hydrogen-bond acceptors (Lipinski definition) is 3. The summed E-state index contributed by atoms with van der Waals surface area (Å²) in [5, 5.41) is 6.56. The van der Waals surface area contributed by atoms with Gasteiger partial charge < -0.3 is 4.42 Å². The van der Waals surface area contributed by atoms with Gasteiger partial charge in [-0.05, 0) is 36.8 Å². The maximum Gasteiger partial charge on any atom is 0.276 e. The molecular formula is C21H17ClN2O2. The number of benzene rings is 2. The Labute approximate surface area is 156 Å². The van der Waals surface area contributed by atoms with E-state index in [1.807, 2.05) is 43.3 Å². The van der Waals surface area contributed by atoms with Crippen LogP contribution in [0.25, 0.3) is 0 Å². The number of aryl methyl sites for hydroxylation is 1. The summed E-state index contributed by atoms with van der Waals surface area (Å²) in [4.78, 5) is 13.1. The molecule has 4 nitrogen and oxygen atoms in total. The second-order valence-electron chi connectivity index (χ2n) is 6.23. The van der Waals surface area contributed by atoms with E-state index in [1.54, 1.807) is 30.5 Å². The second-order valence-corrected chi connectivity index (χ2v) is 6.63. The Balaban J connectivity index is 1.76. The van der Waals surface area contributed by atoms with Crippen LogP contribution < -0.4 is 0 Å². The average Bonchev–Trinajstić information content (AvgIpc) is 3.31. The molecule has 0 spiro atoms. The minimum Gasteiger partial charge on any atom is -0.467 e. The number of furan rings is 1. The number of rotatable bonds is 3. The number of hydrogen-bond donors (Lipinski definition) is 0. The Hall–Kier alpha value is -2.85. The molecule has 0 bridgehead atoms. The van der Waals surface area contributed by atoms with Crippen molar-refractivity contribution in [2.75, 3.05) is 0 Å². The van der Waals surface area contributed by atoms with E-state index in [-0.39, 0.29) is 11.9 Å². The Morgan fingerprint density at radius 3 is 2.62 bits per heavy atom. The lowest BCUT2D eigenvalue weighted by molar-refractivity contribution is 0.0693. The summed E-state index contributed by atoms with van der Waals surface area (Å²) in [5.74, 6) is 0.471. The van der Waals surface area contributed by atoms with Gasteiger partial charge in [-0.1, -0.05) is 48.0 Å². The van der Waals surface area contributed by atoms with Gasteiger partial charge >= 0.3 is 0 Å². The van der Waals surface area contributed by atoms with Crippen molar-refractivity contribution in [1.29, 1.82) is 0 Å². The van der Waals surface area contributed by atoms with E-state index in [2.05, 4.69) is 5.10 Å². The topological polar surface area (TPSA) is 45.8 Å². The zero-order chi connectivity index (χ0) is 18.1. The van der Waals surface area contributed by atoms with Crippen molar-refractivity contribution in [1.82, 2.24) is 5.01 Å². The zero-order valence-corrected chi connectivity index (χ0v) is 15.0. The van der Waals surface area contributed by atoms with E-state index in [4.69, 9.17) is 16.0 Å². The van der Waals surface area contributed by atoms with E-state index in [0.29, 0.717) is 22.8 Å². The van der Waals surface area contributed by atoms with Crippen LogP contribution in [-0.2, 0) is 0 Å². The van der Waals surface area contributed by atoms with Gasteiger partial charge in [-0.3, -0.25) is 4.79 Å². The molecule has 4 rings (SSSR count). The van der Waals surface area contributed by atoms with Crippen molar-refractivity contribution in [2.24, 2.45) is 5.10 Å². The van der Waals surface area contributed by atoms with Crippen molar-refractivity contribution in [3.8, 4) is 0 Å². The van der Waals surface area contributed by atoms with Crippen LogP contribution in [0.5, 0.6) is 0 Å². The van der Waals surface area contributed by atoms with Gasteiger partial charge in [0.25, 0.3) is 5.91 Å². The molecule has 2 aromatic carbocycles. The van der Waals surface area contributed by atoms with Crippen LogP contribution in [-0.4, -0.2) is 16.6 Å². The van der Waals surface area contributed by atoms with Gasteiger partial charge in [0.1, 0.15) is 11.8 Å². The molecule has 0 saturated carbocycles. The third-order valence-electron chi connectivity index (χ3n) is 4.55. The molecule has 1 aliphatic rings. The van der Waals surface area contributed by atoms with Crippen LogP contribution in [0.15, 0.2) is 76.4 Å². The fraction of sp³-hybridized carbons (Fsp3) is 0.143. The molecule has 0 radical (unpaired) electrons. The largest absolute Gasteiger partial charge is 0.467 e. The third-order valence-corrected chi connectivity index (χ3v) is 4.88. The number of amides is 1. The molecule has 0 unspecified atom stereocenters. The quantitative estimate of drug-likeness (QED) is 0.638. The van der Waals surface area contributed by atoms with Crippen molar-refractivity contribution in [3.63, 3.8) is 0 Å². The molecule has 1 amide bonds. The van der Waals surface area contributed by atoms with Crippen LogP contribution in [0.3, 0.4) is 0 Å². The summed E-state index contributed by atoms with van der Waals surface area (Å²) in [5.41, 5.74) is 3.46. The number of carbonyl (C=O) groups is 1. The lowest BCUT2D eigenvalue weighted by atomic mass is 9.99. The van der Waals surface area contributed by atoms with Gasteiger partial charge in [0.15, 0.2) is 0 Å². The maximum absolute atomic E-state index is 13.1. The summed E-state index contributed by atoms with van der Waals surface area (Å²) in [7, 11) is 0. The fourth-order valence-corrected chi connectivity index (χ4v) is 3.43. The van der Waals surface area contributed by atoms with Crippen LogP contribution in [0.2, 0.25) is 5.02 Å². The van der Waals surface area contributed by atoms with Gasteiger partial charge in [0.05, 0.1) is 22.6 Å². The highest BCUT2D eigenvalue weighted by molar-refractivity contribution is 6.33. The van der Waals surface area contributed by atoms with Crippen molar-refractivity contribution >= 4 is 23.2 Å². The summed E-state index contributed by atoms with van der Waals surface area (Å²) in [6, 6.07) is 18.4. The Bertz CT molecular complexity index is 979. The smallest absolute Gasteiger partial charge is 0.276 e. The number of nitrogens with zero attached hydrogens (tertiary/aromatic N) is 2. The fourth-order valence-electron chi connectivity index (χ4n) is 3.22. The van der Waals surface area contributed by atoms with Gasteiger partial charge in [0, 0.05) is 12.0 Å². The van der Waals surface area contributed by atoms with Crippen molar-refractivity contribution in [2.45, 2.75) is 19.4 Å². The molecule has 26 heavy (non-hydrogen) atoms. The van der Waals surface area contributed by atoms with E-state index < -0.39 is 0 Å². The van der Waals surface area contributed by atoms with E-state index in [0.717, 1.165) is 16.8 Å². The maximum atomic E-state index is 13.1. The van der Waals surface area contributed by atoms with Crippen molar-refractivity contribution in [3.05, 3.63) is 94.4 Å². The number of hydrazone groups is 1. The minimum absolute atomic E-state index is 0.236. The normalized spacial score (nSPS) is 16.6. The lowest BCUT2D eigenvalue weighted by Crippen LogP contribution is -2.27. The molecule has 5 heteroatoms. The first-order chi connectivity index (χ1) is 12.6. The van der Waals surface area contributed by atoms with Crippen LogP contribution in [0, 0.1) is 6.92 Å². The molecule has 3 aromatic rings. The first-order valence-electron chi connectivity index (χ1n) is 8.40. The summed E-state index contributed by atoms with van der Waals surface area (Å²) < 4.78 is 5.58.